The van der Waals surface area contributed by atoms with Crippen LogP contribution in [0.15, 0.2) is 97.6 Å². The van der Waals surface area contributed by atoms with Crippen molar-refractivity contribution >= 4 is 68.1 Å². The number of nitrogen functional groups attached to an aromatic ring is 1. The molecule has 0 aliphatic heterocycles. The van der Waals surface area contributed by atoms with Crippen LogP contribution in [0.4, 0.5) is 72.6 Å². The molecule has 0 aliphatic carbocycles. The molecule has 0 bridgehead atoms. The van der Waals surface area contributed by atoms with Gasteiger partial charge in [-0.15, -0.1) is 0 Å². The smallest absolute Gasteiger partial charge is 0.422 e. The highest BCUT2D eigenvalue weighted by Gasteiger charge is 2.31. The number of likely N-dealkylation sites (N-methyl/N-ethyl adjacent to an activating group) is 4. The van der Waals surface area contributed by atoms with Crippen molar-refractivity contribution in [3.8, 4) is 34.3 Å². The van der Waals surface area contributed by atoms with E-state index < -0.39 is 31.8 Å². The molecule has 6 aromatic heterocycles. The molecule has 6 heterocycles. The summed E-state index contributed by atoms with van der Waals surface area (Å²) in [5, 5.41) is 22.5. The van der Waals surface area contributed by atoms with Crippen LogP contribution in [0.1, 0.15) is 6.42 Å². The highest BCUT2D eigenvalue weighted by molar-refractivity contribution is 5.96. The number of hydrogen-bond acceptors (Lipinski definition) is 17. The van der Waals surface area contributed by atoms with E-state index in [1.54, 1.807) is 36.0 Å². The third-order valence-electron chi connectivity index (χ3n) is 12.4. The molecule has 0 radical (unpaired) electrons. The SMILES string of the molecule is CN(C)CCN(C)c1nc(OCC(F)(F)F)c(Nc2nccc(-c3cn(C)c4ccccc34)n2)cc1NC(O)CCN(C)CCN(C)c1nc(OCC(F)(F)F)c(Nc2nccc(-c3cn(C)c4ccccc34)n2)cc1N. The van der Waals surface area contributed by atoms with Crippen LogP contribution in [0.5, 0.6) is 11.8 Å². The maximum Gasteiger partial charge on any atom is 0.422 e. The molecule has 0 spiro atoms. The van der Waals surface area contributed by atoms with Gasteiger partial charge in [-0.3, -0.25) is 0 Å². The molecule has 6 N–H and O–H groups in total. The molecular formula is C52H60F6N16O3. The number of halogens is 6. The fourth-order valence-corrected chi connectivity index (χ4v) is 8.45. The summed E-state index contributed by atoms with van der Waals surface area (Å²) < 4.78 is 96.1. The predicted molar refractivity (Wildman–Crippen MR) is 287 cm³/mol. The van der Waals surface area contributed by atoms with Crippen LogP contribution in [0, 0.1) is 0 Å². The zero-order valence-electron chi connectivity index (χ0n) is 43.4. The van der Waals surface area contributed by atoms with Crippen molar-refractivity contribution < 1.29 is 40.9 Å². The molecular weight excluding hydrogens is 1010 g/mol. The second-order valence-electron chi connectivity index (χ2n) is 18.8. The quantitative estimate of drug-likeness (QED) is 0.0301. The van der Waals surface area contributed by atoms with Crippen LogP contribution in [0.3, 0.4) is 0 Å². The highest BCUT2D eigenvalue weighted by atomic mass is 19.4. The van der Waals surface area contributed by atoms with Gasteiger partial charge in [0.05, 0.1) is 22.8 Å². The average Bonchev–Trinajstić information content (AvgIpc) is 3.92. The normalized spacial score (nSPS) is 12.4. The zero-order chi connectivity index (χ0) is 55.2. The minimum Gasteiger partial charge on any atom is -0.466 e. The van der Waals surface area contributed by atoms with Crippen molar-refractivity contribution in [3.05, 3.63) is 97.6 Å². The summed E-state index contributed by atoms with van der Waals surface area (Å²) in [5.74, 6) is -0.237. The van der Waals surface area contributed by atoms with Crippen molar-refractivity contribution in [3.63, 3.8) is 0 Å². The van der Waals surface area contributed by atoms with Crippen molar-refractivity contribution in [1.29, 1.82) is 0 Å². The van der Waals surface area contributed by atoms with Gasteiger partial charge in [0, 0.05) is 125 Å². The summed E-state index contributed by atoms with van der Waals surface area (Å²) >= 11 is 0. The monoisotopic (exact) mass is 1070 g/mol. The summed E-state index contributed by atoms with van der Waals surface area (Å²) in [5.41, 5.74) is 11.7. The third-order valence-corrected chi connectivity index (χ3v) is 12.4. The lowest BCUT2D eigenvalue weighted by molar-refractivity contribution is -0.154. The van der Waals surface area contributed by atoms with Gasteiger partial charge in [-0.25, -0.2) is 19.9 Å². The number of para-hydroxylation sites is 2. The van der Waals surface area contributed by atoms with E-state index in [1.165, 1.54) is 24.5 Å². The number of ether oxygens (including phenoxy) is 2. The molecule has 0 amide bonds. The Bertz CT molecular complexity index is 3310. The summed E-state index contributed by atoms with van der Waals surface area (Å²) in [6.07, 6.45) is -3.47. The number of benzene rings is 2. The summed E-state index contributed by atoms with van der Waals surface area (Å²) in [7, 11) is 12.8. The second-order valence-corrected chi connectivity index (χ2v) is 18.8. The summed E-state index contributed by atoms with van der Waals surface area (Å²) in [4.78, 5) is 34.3. The maximum atomic E-state index is 13.7. The minimum atomic E-state index is -4.68. The van der Waals surface area contributed by atoms with Crippen LogP contribution in [0.2, 0.25) is 0 Å². The Morgan fingerprint density at radius 3 is 1.61 bits per heavy atom. The molecule has 8 rings (SSSR count). The predicted octanol–water partition coefficient (Wildman–Crippen LogP) is 8.51. The number of aryl methyl sites for hydroxylation is 2. The molecule has 0 fully saturated rings. The Labute approximate surface area is 440 Å². The van der Waals surface area contributed by atoms with E-state index in [9.17, 15) is 31.4 Å². The molecule has 25 heteroatoms. The number of aliphatic hydroxyl groups excluding tert-OH is 1. The molecule has 0 saturated heterocycles. The number of hydrogen-bond donors (Lipinski definition) is 5. The lowest BCUT2D eigenvalue weighted by Gasteiger charge is -2.27. The zero-order valence-corrected chi connectivity index (χ0v) is 43.4. The lowest BCUT2D eigenvalue weighted by atomic mass is 10.1. The highest BCUT2D eigenvalue weighted by Crippen LogP contribution is 2.38. The second kappa shape index (κ2) is 23.4. The van der Waals surface area contributed by atoms with Crippen LogP contribution in [-0.4, -0.2) is 154 Å². The Hall–Kier alpha value is -8.16. The lowest BCUT2D eigenvalue weighted by Crippen LogP contribution is -2.34. The molecule has 1 unspecified atom stereocenters. The van der Waals surface area contributed by atoms with E-state index in [1.807, 2.05) is 115 Å². The first kappa shape index (κ1) is 55.1. The standard InChI is InChI=1S/C52H60F6N16O3/c1-69(2)22-24-72(5)46-39(27-41(48(68-46)77-31-52(56,57)58)66-50-61-20-17-38(64-50)35-29-74(7)43-15-11-9-13-33(35)43)62-44(75)18-21-70(3)23-25-71(4)45-36(59)26-40(47(67-45)76-30-51(53,54)55)65-49-60-19-16-37(63-49)34-28-73(6)42-14-10-8-12-32(34)42/h8-17,19-20,26-29,44,62,75H,18,21-25,30-31,59H2,1-7H3,(H,60,63,65)(H,61,64,66). The van der Waals surface area contributed by atoms with E-state index >= 15 is 0 Å². The Morgan fingerprint density at radius 1 is 0.610 bits per heavy atom. The third kappa shape index (κ3) is 14.0. The first-order chi connectivity index (χ1) is 36.6. The van der Waals surface area contributed by atoms with Crippen molar-refractivity contribution in [2.75, 3.05) is 113 Å². The first-order valence-electron chi connectivity index (χ1n) is 24.3. The Morgan fingerprint density at radius 2 is 1.09 bits per heavy atom. The number of nitrogens with zero attached hydrogens (tertiary/aromatic N) is 12. The number of pyridine rings is 2. The molecule has 8 aromatic rings. The van der Waals surface area contributed by atoms with E-state index in [2.05, 4.69) is 40.9 Å². The minimum absolute atomic E-state index is 0.00650. The van der Waals surface area contributed by atoms with E-state index in [0.29, 0.717) is 44.1 Å². The van der Waals surface area contributed by atoms with Crippen LogP contribution in [0.25, 0.3) is 44.3 Å². The van der Waals surface area contributed by atoms with Gasteiger partial charge in [0.25, 0.3) is 0 Å². The maximum absolute atomic E-state index is 13.7. The van der Waals surface area contributed by atoms with Gasteiger partial charge in [0.1, 0.15) is 17.6 Å². The van der Waals surface area contributed by atoms with E-state index in [0.717, 1.165) is 32.9 Å². The van der Waals surface area contributed by atoms with E-state index in [-0.39, 0.29) is 64.5 Å². The number of rotatable bonds is 23. The number of anilines is 8. The number of nitrogens with two attached hydrogens (primary N) is 1. The largest absolute Gasteiger partial charge is 0.466 e. The molecule has 1 atom stereocenters. The van der Waals surface area contributed by atoms with Gasteiger partial charge in [-0.2, -0.15) is 36.3 Å². The van der Waals surface area contributed by atoms with Crippen molar-refractivity contribution in [2.24, 2.45) is 14.1 Å². The van der Waals surface area contributed by atoms with Gasteiger partial charge in [0.15, 0.2) is 24.8 Å². The van der Waals surface area contributed by atoms with Crippen LogP contribution < -0.4 is 41.0 Å². The average molecular weight is 1070 g/mol. The van der Waals surface area contributed by atoms with Crippen molar-refractivity contribution in [1.82, 2.24) is 48.8 Å². The summed E-state index contributed by atoms with van der Waals surface area (Å²) in [6, 6.07) is 22.0. The Kier molecular flexibility index (Phi) is 16.7. The molecule has 19 nitrogen and oxygen atoms in total. The molecule has 2 aromatic carbocycles. The summed E-state index contributed by atoms with van der Waals surface area (Å²) in [6.45, 7) is -1.27. The fourth-order valence-electron chi connectivity index (χ4n) is 8.45. The number of alkyl halides is 6. The number of aliphatic hydroxyl groups is 1. The molecule has 77 heavy (non-hydrogen) atoms. The topological polar surface area (TPSA) is 201 Å². The Balaban J connectivity index is 0.968. The molecule has 0 saturated carbocycles. The fraction of sp³-hybridized carbons (Fsp3) is 0.346. The van der Waals surface area contributed by atoms with Gasteiger partial charge in [-0.05, 0) is 57.5 Å². The molecule has 0 aliphatic rings. The van der Waals surface area contributed by atoms with Gasteiger partial charge >= 0.3 is 12.4 Å². The van der Waals surface area contributed by atoms with Crippen LogP contribution >= 0.6 is 0 Å². The first-order valence-corrected chi connectivity index (χ1v) is 24.3. The van der Waals surface area contributed by atoms with Gasteiger partial charge in [-0.1, -0.05) is 36.4 Å². The molecule has 408 valence electrons. The van der Waals surface area contributed by atoms with Gasteiger partial charge in [0.2, 0.25) is 23.7 Å². The number of aromatic nitrogens is 8. The van der Waals surface area contributed by atoms with E-state index in [4.69, 9.17) is 20.2 Å². The van der Waals surface area contributed by atoms with Crippen LogP contribution in [-0.2, 0) is 14.1 Å². The number of fused-ring (bicyclic) bond motifs is 2. The van der Waals surface area contributed by atoms with Crippen molar-refractivity contribution in [2.45, 2.75) is 25.0 Å². The number of nitrogens with one attached hydrogen (secondary N) is 3. The van der Waals surface area contributed by atoms with Gasteiger partial charge < -0.3 is 65.0 Å².